The van der Waals surface area contributed by atoms with Crippen LogP contribution in [0, 0.1) is 0 Å². The van der Waals surface area contributed by atoms with E-state index in [4.69, 9.17) is 0 Å². The van der Waals surface area contributed by atoms with Crippen LogP contribution in [-0.4, -0.2) is 30.3 Å². The van der Waals surface area contributed by atoms with Crippen molar-refractivity contribution < 1.29 is 14.4 Å². The Morgan fingerprint density at radius 3 is 2.16 bits per heavy atom. The van der Waals surface area contributed by atoms with Gasteiger partial charge in [-0.15, -0.1) is 0 Å². The molecule has 0 atom stereocenters. The average molecular weight is 437 g/mol. The molecular formula is C25H32N4O3. The molecule has 170 valence electrons. The molecule has 1 fully saturated rings. The van der Waals surface area contributed by atoms with E-state index in [1.807, 2.05) is 6.92 Å². The van der Waals surface area contributed by atoms with Crippen LogP contribution in [0.3, 0.4) is 0 Å². The van der Waals surface area contributed by atoms with Crippen molar-refractivity contribution in [3.63, 3.8) is 0 Å². The van der Waals surface area contributed by atoms with Gasteiger partial charge in [0.05, 0.1) is 6.54 Å². The molecule has 2 aromatic rings. The molecule has 7 nitrogen and oxygen atoms in total. The lowest BCUT2D eigenvalue weighted by molar-refractivity contribution is -0.116. The second-order valence-electron chi connectivity index (χ2n) is 8.17. The minimum Gasteiger partial charge on any atom is -0.376 e. The van der Waals surface area contributed by atoms with Crippen LogP contribution in [0.1, 0.15) is 62.2 Å². The summed E-state index contributed by atoms with van der Waals surface area (Å²) in [7, 11) is 0. The van der Waals surface area contributed by atoms with Gasteiger partial charge in [0.15, 0.2) is 0 Å². The lowest BCUT2D eigenvalue weighted by Gasteiger charge is -2.22. The minimum absolute atomic E-state index is 0.0477. The molecule has 7 heteroatoms. The zero-order chi connectivity index (χ0) is 22.8. The highest BCUT2D eigenvalue weighted by molar-refractivity contribution is 5.96. The zero-order valence-corrected chi connectivity index (χ0v) is 18.6. The van der Waals surface area contributed by atoms with Gasteiger partial charge in [-0.2, -0.15) is 0 Å². The van der Waals surface area contributed by atoms with E-state index < -0.39 is 0 Å². The van der Waals surface area contributed by atoms with Crippen molar-refractivity contribution in [3.8, 4) is 0 Å². The maximum Gasteiger partial charge on any atom is 0.251 e. The Kier molecular flexibility index (Phi) is 8.66. The third kappa shape index (κ3) is 7.41. The van der Waals surface area contributed by atoms with Crippen molar-refractivity contribution in [3.05, 3.63) is 54.1 Å². The molecule has 0 bridgehead atoms. The summed E-state index contributed by atoms with van der Waals surface area (Å²) in [4.78, 5) is 36.4. The third-order valence-corrected chi connectivity index (χ3v) is 5.45. The predicted molar refractivity (Wildman–Crippen MR) is 128 cm³/mol. The van der Waals surface area contributed by atoms with E-state index >= 15 is 0 Å². The fourth-order valence-corrected chi connectivity index (χ4v) is 3.77. The summed E-state index contributed by atoms with van der Waals surface area (Å²) in [6.45, 7) is 2.03. The number of hydrogen-bond donors (Lipinski definition) is 4. The number of benzene rings is 2. The molecule has 1 saturated carbocycles. The molecule has 0 spiro atoms. The van der Waals surface area contributed by atoms with E-state index in [1.54, 1.807) is 48.5 Å². The Hall–Kier alpha value is -3.35. The van der Waals surface area contributed by atoms with Crippen LogP contribution >= 0.6 is 0 Å². The Labute approximate surface area is 189 Å². The quantitative estimate of drug-likeness (QED) is 0.464. The molecule has 0 heterocycles. The van der Waals surface area contributed by atoms with Gasteiger partial charge in [-0.05, 0) is 61.7 Å². The van der Waals surface area contributed by atoms with Crippen molar-refractivity contribution in [2.24, 2.45) is 0 Å². The highest BCUT2D eigenvalue weighted by atomic mass is 16.2. The van der Waals surface area contributed by atoms with Gasteiger partial charge in [0.25, 0.3) is 5.91 Å². The fourth-order valence-electron chi connectivity index (χ4n) is 3.77. The van der Waals surface area contributed by atoms with E-state index in [0.717, 1.165) is 24.9 Å². The van der Waals surface area contributed by atoms with E-state index in [-0.39, 0.29) is 30.3 Å². The molecule has 1 aliphatic carbocycles. The zero-order valence-electron chi connectivity index (χ0n) is 18.6. The summed E-state index contributed by atoms with van der Waals surface area (Å²) >= 11 is 0. The van der Waals surface area contributed by atoms with Crippen LogP contribution < -0.4 is 21.3 Å². The third-order valence-electron chi connectivity index (χ3n) is 5.45. The number of amides is 3. The minimum atomic E-state index is -0.207. The molecule has 2 aromatic carbocycles. The van der Waals surface area contributed by atoms with Crippen molar-refractivity contribution in [1.29, 1.82) is 0 Å². The van der Waals surface area contributed by atoms with Crippen LogP contribution in [0.5, 0.6) is 0 Å². The fraction of sp³-hybridized carbons (Fsp3) is 0.400. The van der Waals surface area contributed by atoms with Gasteiger partial charge in [-0.25, -0.2) is 0 Å². The van der Waals surface area contributed by atoms with Crippen molar-refractivity contribution >= 4 is 34.8 Å². The van der Waals surface area contributed by atoms with Gasteiger partial charge < -0.3 is 21.3 Å². The lowest BCUT2D eigenvalue weighted by Crippen LogP contribution is -2.36. The van der Waals surface area contributed by atoms with Gasteiger partial charge in [0.1, 0.15) is 0 Å². The van der Waals surface area contributed by atoms with Crippen molar-refractivity contribution in [1.82, 2.24) is 5.32 Å². The Bertz CT molecular complexity index is 921. The highest BCUT2D eigenvalue weighted by Gasteiger charge is 2.16. The van der Waals surface area contributed by atoms with Crippen LogP contribution in [0.25, 0.3) is 0 Å². The number of anilines is 3. The molecule has 3 amide bonds. The van der Waals surface area contributed by atoms with Crippen LogP contribution in [0.2, 0.25) is 0 Å². The molecular weight excluding hydrogens is 404 g/mol. The first-order valence-corrected chi connectivity index (χ1v) is 11.4. The molecule has 0 aromatic heterocycles. The smallest absolute Gasteiger partial charge is 0.251 e. The Morgan fingerprint density at radius 1 is 0.844 bits per heavy atom. The first-order valence-electron chi connectivity index (χ1n) is 11.4. The number of nitrogens with one attached hydrogen (secondary N) is 4. The number of carbonyl (C=O) groups is 3. The van der Waals surface area contributed by atoms with Gasteiger partial charge in [-0.3, -0.25) is 14.4 Å². The molecule has 1 aliphatic rings. The molecule has 0 aliphatic heterocycles. The van der Waals surface area contributed by atoms with E-state index in [2.05, 4.69) is 21.3 Å². The molecule has 3 rings (SSSR count). The van der Waals surface area contributed by atoms with Gasteiger partial charge in [-0.1, -0.05) is 32.3 Å². The van der Waals surface area contributed by atoms with Crippen molar-refractivity contribution in [2.75, 3.05) is 22.5 Å². The Morgan fingerprint density at radius 2 is 1.50 bits per heavy atom. The standard InChI is InChI=1S/C25H32N4O3/c1-2-7-23(30)27-21-10-6-11-22(16-21)28-24(31)17-26-19-14-12-18(13-15-19)25(32)29-20-8-4-3-5-9-20/h6,10-16,20,26H,2-5,7-9,17H2,1H3,(H,27,30)(H,28,31)(H,29,32). The van der Waals surface area contributed by atoms with Crippen LogP contribution in [0.15, 0.2) is 48.5 Å². The van der Waals surface area contributed by atoms with E-state index in [9.17, 15) is 14.4 Å². The van der Waals surface area contributed by atoms with Crippen molar-refractivity contribution in [2.45, 2.75) is 57.9 Å². The van der Waals surface area contributed by atoms with E-state index in [0.29, 0.717) is 23.4 Å². The second-order valence-corrected chi connectivity index (χ2v) is 8.17. The highest BCUT2D eigenvalue weighted by Crippen LogP contribution is 2.18. The Balaban J connectivity index is 1.45. The summed E-state index contributed by atoms with van der Waals surface area (Å²) in [5.41, 5.74) is 2.64. The van der Waals surface area contributed by atoms with Gasteiger partial charge >= 0.3 is 0 Å². The maximum absolute atomic E-state index is 12.4. The normalized spacial score (nSPS) is 13.8. The first kappa shape index (κ1) is 23.3. The summed E-state index contributed by atoms with van der Waals surface area (Å²) < 4.78 is 0. The summed E-state index contributed by atoms with van der Waals surface area (Å²) in [5, 5.41) is 11.8. The summed E-state index contributed by atoms with van der Waals surface area (Å²) in [6.07, 6.45) is 6.94. The summed E-state index contributed by atoms with van der Waals surface area (Å²) in [5.74, 6) is -0.304. The van der Waals surface area contributed by atoms with Crippen LogP contribution in [0.4, 0.5) is 17.1 Å². The largest absolute Gasteiger partial charge is 0.376 e. The number of rotatable bonds is 9. The molecule has 0 unspecified atom stereocenters. The van der Waals surface area contributed by atoms with Gasteiger partial charge in [0, 0.05) is 35.1 Å². The number of hydrogen-bond acceptors (Lipinski definition) is 4. The SMILES string of the molecule is CCCC(=O)Nc1cccc(NC(=O)CNc2ccc(C(=O)NC3CCCCC3)cc2)c1. The molecule has 0 radical (unpaired) electrons. The molecule has 32 heavy (non-hydrogen) atoms. The predicted octanol–water partition coefficient (Wildman–Crippen LogP) is 4.54. The van der Waals surface area contributed by atoms with Gasteiger partial charge in [0.2, 0.25) is 11.8 Å². The monoisotopic (exact) mass is 436 g/mol. The summed E-state index contributed by atoms with van der Waals surface area (Å²) in [6, 6.07) is 14.5. The first-order chi connectivity index (χ1) is 15.5. The second kappa shape index (κ2) is 11.9. The number of carbonyl (C=O) groups excluding carboxylic acids is 3. The lowest BCUT2D eigenvalue weighted by atomic mass is 9.95. The molecule has 4 N–H and O–H groups in total. The average Bonchev–Trinajstić information content (AvgIpc) is 2.79. The molecule has 0 saturated heterocycles. The van der Waals surface area contributed by atoms with E-state index in [1.165, 1.54) is 19.3 Å². The van der Waals surface area contributed by atoms with Crippen LogP contribution in [-0.2, 0) is 9.59 Å². The topological polar surface area (TPSA) is 99.3 Å². The maximum atomic E-state index is 12.4.